The first kappa shape index (κ1) is 33.8. The fourth-order valence-corrected chi connectivity index (χ4v) is 6.60. The number of aromatic carboxylic acids is 1. The van der Waals surface area contributed by atoms with Crippen molar-refractivity contribution >= 4 is 41.3 Å². The fraction of sp³-hybridized carbons (Fsp3) is 0.250. The average Bonchev–Trinajstić information content (AvgIpc) is 3.41. The zero-order valence-corrected chi connectivity index (χ0v) is 27.0. The predicted octanol–water partition coefficient (Wildman–Crippen LogP) is 5.17. The minimum atomic E-state index is -1.09. The van der Waals surface area contributed by atoms with Crippen LogP contribution >= 0.6 is 11.8 Å². The molecule has 2 aliphatic rings. The van der Waals surface area contributed by atoms with Crippen LogP contribution in [0, 0.1) is 0 Å². The number of aliphatic hydroxyl groups is 1. The van der Waals surface area contributed by atoms with E-state index in [2.05, 4.69) is 10.3 Å². The highest BCUT2D eigenvalue weighted by Gasteiger charge is 2.41. The van der Waals surface area contributed by atoms with Gasteiger partial charge in [0.15, 0.2) is 6.29 Å². The maximum atomic E-state index is 13.4. The van der Waals surface area contributed by atoms with Crippen molar-refractivity contribution in [3.63, 3.8) is 0 Å². The van der Waals surface area contributed by atoms with Crippen molar-refractivity contribution in [3.8, 4) is 0 Å². The van der Waals surface area contributed by atoms with Gasteiger partial charge < -0.3 is 29.7 Å². The lowest BCUT2D eigenvalue weighted by Crippen LogP contribution is -2.42. The Kier molecular flexibility index (Phi) is 10.6. The van der Waals surface area contributed by atoms with Crippen LogP contribution in [-0.4, -0.2) is 57.0 Å². The van der Waals surface area contributed by atoms with E-state index in [1.807, 2.05) is 42.5 Å². The highest BCUT2D eigenvalue weighted by molar-refractivity contribution is 7.99. The van der Waals surface area contributed by atoms with Crippen LogP contribution in [0.5, 0.6) is 0 Å². The fourth-order valence-electron chi connectivity index (χ4n) is 5.60. The summed E-state index contributed by atoms with van der Waals surface area (Å²) in [6.45, 7) is -0.0812. The van der Waals surface area contributed by atoms with Gasteiger partial charge in [-0.15, -0.1) is 11.8 Å². The third-order valence-corrected chi connectivity index (χ3v) is 9.21. The molecule has 0 aliphatic carbocycles. The molecule has 3 heterocycles. The van der Waals surface area contributed by atoms with E-state index < -0.39 is 48.4 Å². The molecule has 0 spiro atoms. The van der Waals surface area contributed by atoms with Crippen molar-refractivity contribution in [2.75, 3.05) is 10.7 Å². The quantitative estimate of drug-likeness (QED) is 0.141. The van der Waals surface area contributed by atoms with Gasteiger partial charge in [-0.3, -0.25) is 9.59 Å². The van der Waals surface area contributed by atoms with Crippen LogP contribution in [0.4, 0.5) is 10.5 Å². The van der Waals surface area contributed by atoms with Crippen LogP contribution in [0.2, 0.25) is 0 Å². The third-order valence-electron chi connectivity index (χ3n) is 8.07. The number of imide groups is 1. The molecule has 49 heavy (non-hydrogen) atoms. The van der Waals surface area contributed by atoms with E-state index in [0.717, 1.165) is 21.6 Å². The van der Waals surface area contributed by atoms with Gasteiger partial charge in [0.25, 0.3) is 5.91 Å². The average molecular weight is 684 g/mol. The number of pyridine rings is 1. The molecule has 6 rings (SSSR count). The first-order valence-corrected chi connectivity index (χ1v) is 16.5. The van der Waals surface area contributed by atoms with Gasteiger partial charge in [0.05, 0.1) is 36.5 Å². The molecule has 3 N–H and O–H groups in total. The molecule has 2 fully saturated rings. The lowest BCUT2D eigenvalue weighted by molar-refractivity contribution is -0.245. The first-order valence-electron chi connectivity index (χ1n) is 15.5. The van der Waals surface area contributed by atoms with Gasteiger partial charge >= 0.3 is 12.1 Å². The largest absolute Gasteiger partial charge is 0.478 e. The number of carbonyl (C=O) groups is 4. The minimum absolute atomic E-state index is 0.0172. The monoisotopic (exact) mass is 683 g/mol. The van der Waals surface area contributed by atoms with E-state index in [-0.39, 0.29) is 25.2 Å². The Labute approximate surface area is 286 Å². The molecule has 2 saturated heterocycles. The summed E-state index contributed by atoms with van der Waals surface area (Å²) in [4.78, 5) is 55.9. The number of aliphatic hydroxyl groups excluding tert-OH is 1. The summed E-state index contributed by atoms with van der Waals surface area (Å²) in [6, 6.07) is 25.1. The first-order chi connectivity index (χ1) is 23.8. The zero-order chi connectivity index (χ0) is 34.3. The highest BCUT2D eigenvalue weighted by atomic mass is 32.2. The summed E-state index contributed by atoms with van der Waals surface area (Å²) in [5.41, 5.74) is 3.33. The number of hydrogen-bond donors (Lipinski definition) is 3. The number of carbonyl (C=O) groups excluding carboxylic acids is 3. The van der Waals surface area contributed by atoms with Gasteiger partial charge in [-0.25, -0.2) is 19.5 Å². The van der Waals surface area contributed by atoms with E-state index in [1.54, 1.807) is 42.5 Å². The molecule has 4 atom stereocenters. The number of hydrogen-bond acceptors (Lipinski definition) is 10. The van der Waals surface area contributed by atoms with Crippen LogP contribution in [0.15, 0.2) is 102 Å². The van der Waals surface area contributed by atoms with E-state index >= 15 is 0 Å². The minimum Gasteiger partial charge on any atom is -0.478 e. The van der Waals surface area contributed by atoms with Gasteiger partial charge in [-0.1, -0.05) is 66.7 Å². The summed E-state index contributed by atoms with van der Waals surface area (Å²) in [5.74, 6) is -1.78. The number of alkyl carbamates (subject to hydrolysis) is 1. The summed E-state index contributed by atoms with van der Waals surface area (Å²) in [5, 5.41) is 22.0. The second kappa shape index (κ2) is 15.4. The lowest BCUT2D eigenvalue weighted by atomic mass is 10.0. The van der Waals surface area contributed by atoms with Crippen molar-refractivity contribution in [3.05, 3.63) is 125 Å². The summed E-state index contributed by atoms with van der Waals surface area (Å²) in [6.07, 6.45) is -0.770. The Morgan fingerprint density at radius 3 is 2.49 bits per heavy atom. The van der Waals surface area contributed by atoms with E-state index in [9.17, 15) is 29.4 Å². The Bertz CT molecular complexity index is 1820. The molecule has 1 aromatic heterocycles. The Morgan fingerprint density at radius 2 is 1.73 bits per heavy atom. The molecule has 3 amide bonds. The maximum absolute atomic E-state index is 13.4. The molecule has 0 bridgehead atoms. The molecule has 0 radical (unpaired) electrons. The number of carboxylic acids is 1. The molecule has 0 saturated carbocycles. The zero-order valence-electron chi connectivity index (χ0n) is 26.1. The molecule has 4 aromatic rings. The van der Waals surface area contributed by atoms with Crippen LogP contribution in [-0.2, 0) is 37.0 Å². The number of amides is 3. The number of ether oxygens (including phenoxy) is 3. The maximum Gasteiger partial charge on any atom is 0.408 e. The third kappa shape index (κ3) is 8.15. The number of rotatable bonds is 11. The number of nitrogens with one attached hydrogen (secondary N) is 1. The normalized spacial score (nSPS) is 20.6. The van der Waals surface area contributed by atoms with Crippen LogP contribution in [0.1, 0.15) is 57.8 Å². The Balaban J connectivity index is 1.18. The SMILES string of the molecule is O=C(NC1CC(=O)N(c2cccc([C@@H]3O[C@H](CSc4ncccc4C(=O)O)C[C@H](c4ccc(CO)cc4)O3)c2)C1=O)OCc1ccccc1. The van der Waals surface area contributed by atoms with E-state index in [1.165, 1.54) is 24.0 Å². The summed E-state index contributed by atoms with van der Waals surface area (Å²) < 4.78 is 18.0. The summed E-state index contributed by atoms with van der Waals surface area (Å²) in [7, 11) is 0. The number of carboxylic acid groups (broad SMARTS) is 1. The van der Waals surface area contributed by atoms with Gasteiger partial charge in [0.1, 0.15) is 17.7 Å². The standard InChI is InChI=1S/C36H33N3O9S/c40-19-22-11-13-24(14-12-22)30-17-27(21-49-32-28(34(43)44)10-5-15-37-32)47-35(48-30)25-8-4-9-26(16-25)39-31(41)18-29(33(39)42)38-36(45)46-20-23-6-2-1-3-7-23/h1-16,27,29-30,35,40H,17-21H2,(H,38,45)(H,43,44)/t27-,29?,30+,35+/m0/s1. The number of nitrogens with zero attached hydrogens (tertiary/aromatic N) is 2. The van der Waals surface area contributed by atoms with Crippen molar-refractivity contribution in [2.45, 2.75) is 55.6 Å². The van der Waals surface area contributed by atoms with Crippen LogP contribution in [0.3, 0.4) is 0 Å². The lowest BCUT2D eigenvalue weighted by Gasteiger charge is -2.36. The molecular weight excluding hydrogens is 650 g/mol. The van der Waals surface area contributed by atoms with E-state index in [0.29, 0.717) is 28.5 Å². The number of aromatic nitrogens is 1. The van der Waals surface area contributed by atoms with Crippen molar-refractivity contribution in [1.82, 2.24) is 10.3 Å². The highest BCUT2D eigenvalue weighted by Crippen LogP contribution is 2.40. The van der Waals surface area contributed by atoms with Crippen molar-refractivity contribution < 1.29 is 43.6 Å². The molecule has 3 aromatic carbocycles. The van der Waals surface area contributed by atoms with Crippen molar-refractivity contribution in [1.29, 1.82) is 0 Å². The summed E-state index contributed by atoms with van der Waals surface area (Å²) >= 11 is 1.27. The topological polar surface area (TPSA) is 165 Å². The molecule has 1 unspecified atom stereocenters. The van der Waals surface area contributed by atoms with Crippen molar-refractivity contribution in [2.24, 2.45) is 0 Å². The van der Waals surface area contributed by atoms with Crippen LogP contribution < -0.4 is 10.2 Å². The molecule has 13 heteroatoms. The predicted molar refractivity (Wildman–Crippen MR) is 177 cm³/mol. The second-order valence-corrected chi connectivity index (χ2v) is 12.5. The Hall–Kier alpha value is -5.08. The number of benzene rings is 3. The molecule has 252 valence electrons. The Morgan fingerprint density at radius 1 is 0.939 bits per heavy atom. The second-order valence-electron chi connectivity index (χ2n) is 11.4. The van der Waals surface area contributed by atoms with Gasteiger partial charge in [-0.05, 0) is 41.0 Å². The van der Waals surface area contributed by atoms with Gasteiger partial charge in [0, 0.05) is 23.9 Å². The van der Waals surface area contributed by atoms with E-state index in [4.69, 9.17) is 14.2 Å². The molecule has 2 aliphatic heterocycles. The van der Waals surface area contributed by atoms with Crippen LogP contribution in [0.25, 0.3) is 0 Å². The van der Waals surface area contributed by atoms with Gasteiger partial charge in [0.2, 0.25) is 5.91 Å². The molecule has 12 nitrogen and oxygen atoms in total. The smallest absolute Gasteiger partial charge is 0.408 e. The van der Waals surface area contributed by atoms with Gasteiger partial charge in [-0.2, -0.15) is 0 Å². The number of anilines is 1. The molecular formula is C36H33N3O9S. The number of thioether (sulfide) groups is 1.